The number of ether oxygens (including phenoxy) is 1. The number of nitrogens with one attached hydrogen (secondary N) is 2. The molecule has 4 aliphatic rings. The van der Waals surface area contributed by atoms with Crippen LogP contribution in [0.25, 0.3) is 0 Å². The van der Waals surface area contributed by atoms with E-state index in [1.165, 1.54) is 19.3 Å². The third-order valence-corrected chi connectivity index (χ3v) is 8.29. The number of hydrogen-bond acceptors (Lipinski definition) is 6. The van der Waals surface area contributed by atoms with Crippen molar-refractivity contribution in [3.05, 3.63) is 0 Å². The lowest BCUT2D eigenvalue weighted by molar-refractivity contribution is -0.124. The normalized spacial score (nSPS) is 28.9. The molecule has 4 fully saturated rings. The van der Waals surface area contributed by atoms with Gasteiger partial charge in [-0.3, -0.25) is 9.69 Å². The van der Waals surface area contributed by atoms with Crippen LogP contribution >= 0.6 is 0 Å². The van der Waals surface area contributed by atoms with Crippen LogP contribution in [-0.2, 0) is 9.53 Å². The third-order valence-electron chi connectivity index (χ3n) is 8.29. The minimum Gasteiger partial charge on any atom is -0.378 e. The molecule has 0 spiro atoms. The van der Waals surface area contributed by atoms with Gasteiger partial charge in [0, 0.05) is 32.2 Å². The van der Waals surface area contributed by atoms with Gasteiger partial charge in [0.1, 0.15) is 11.6 Å². The van der Waals surface area contributed by atoms with Crippen molar-refractivity contribution < 1.29 is 14.3 Å². The van der Waals surface area contributed by atoms with Gasteiger partial charge in [0.25, 0.3) is 0 Å². The minimum absolute atomic E-state index is 0.204. The van der Waals surface area contributed by atoms with Crippen LogP contribution in [0.4, 0.5) is 4.79 Å². The molecule has 0 aromatic rings. The molecule has 2 atom stereocenters. The van der Waals surface area contributed by atoms with E-state index >= 15 is 0 Å². The van der Waals surface area contributed by atoms with Gasteiger partial charge in [-0.15, -0.1) is 0 Å². The maximum atomic E-state index is 13.5. The van der Waals surface area contributed by atoms with Gasteiger partial charge in [-0.25, -0.2) is 4.79 Å². The second-order valence-corrected chi connectivity index (χ2v) is 10.8. The molecule has 1 aliphatic carbocycles. The molecule has 3 heterocycles. The second kappa shape index (κ2) is 11.7. The zero-order valence-electron chi connectivity index (χ0n) is 20.8. The quantitative estimate of drug-likeness (QED) is 0.606. The first-order chi connectivity index (χ1) is 16.5. The molecule has 2 unspecified atom stereocenters. The van der Waals surface area contributed by atoms with Crippen molar-refractivity contribution in [2.24, 2.45) is 5.92 Å². The van der Waals surface area contributed by atoms with Crippen LogP contribution in [0.1, 0.15) is 57.8 Å². The predicted octanol–water partition coefficient (Wildman–Crippen LogP) is 1.55. The van der Waals surface area contributed by atoms with Crippen LogP contribution in [-0.4, -0.2) is 104 Å². The summed E-state index contributed by atoms with van der Waals surface area (Å²) in [6.07, 6.45) is 9.30. The number of piperidine rings is 1. The fraction of sp³-hybridized carbons (Fsp3) is 0.880. The van der Waals surface area contributed by atoms with Crippen molar-refractivity contribution in [1.29, 1.82) is 5.26 Å². The molecule has 0 aromatic carbocycles. The number of carbonyl (C=O) groups excluding carboxylic acids is 2. The van der Waals surface area contributed by atoms with Crippen LogP contribution in [0.2, 0.25) is 0 Å². The Morgan fingerprint density at radius 3 is 2.44 bits per heavy atom. The van der Waals surface area contributed by atoms with Crippen LogP contribution in [0.5, 0.6) is 0 Å². The molecule has 190 valence electrons. The van der Waals surface area contributed by atoms with Gasteiger partial charge in [-0.05, 0) is 51.7 Å². The summed E-state index contributed by atoms with van der Waals surface area (Å²) in [5.41, 5.74) is -0.880. The maximum Gasteiger partial charge on any atom is 0.318 e. The first-order valence-electron chi connectivity index (χ1n) is 13.3. The zero-order chi connectivity index (χ0) is 24.0. The predicted molar refractivity (Wildman–Crippen MR) is 129 cm³/mol. The number of carbonyl (C=O) groups is 2. The Labute approximate surface area is 204 Å². The van der Waals surface area contributed by atoms with Crippen LogP contribution < -0.4 is 10.6 Å². The summed E-state index contributed by atoms with van der Waals surface area (Å²) in [6, 6.07) is 2.10. The zero-order valence-corrected chi connectivity index (χ0v) is 20.8. The lowest BCUT2D eigenvalue weighted by Gasteiger charge is -2.36. The lowest BCUT2D eigenvalue weighted by atomic mass is 9.84. The van der Waals surface area contributed by atoms with Gasteiger partial charge < -0.3 is 25.2 Å². The van der Waals surface area contributed by atoms with Crippen LogP contribution in [0.15, 0.2) is 0 Å². The van der Waals surface area contributed by atoms with Gasteiger partial charge in [0.05, 0.1) is 19.3 Å². The molecule has 1 saturated carbocycles. The topological polar surface area (TPSA) is 101 Å². The highest BCUT2D eigenvalue weighted by Gasteiger charge is 2.43. The second-order valence-electron chi connectivity index (χ2n) is 10.8. The van der Waals surface area contributed by atoms with E-state index in [-0.39, 0.29) is 11.9 Å². The molecule has 0 bridgehead atoms. The number of morpholine rings is 1. The van der Waals surface area contributed by atoms with E-state index in [4.69, 9.17) is 4.74 Å². The molecule has 2 N–H and O–H groups in total. The van der Waals surface area contributed by atoms with Crippen LogP contribution in [0, 0.1) is 17.2 Å². The Morgan fingerprint density at radius 1 is 1.06 bits per heavy atom. The van der Waals surface area contributed by atoms with E-state index in [9.17, 15) is 14.9 Å². The van der Waals surface area contributed by atoms with Crippen molar-refractivity contribution in [3.8, 4) is 6.07 Å². The van der Waals surface area contributed by atoms with E-state index in [1.807, 2.05) is 0 Å². The fourth-order valence-corrected chi connectivity index (χ4v) is 6.05. The number of urea groups is 1. The molecule has 0 radical (unpaired) electrons. The average molecular weight is 475 g/mol. The van der Waals surface area contributed by atoms with E-state index in [0.717, 1.165) is 45.3 Å². The SMILES string of the molecule is CN1CCC(N2CCC(C#N)(NC(=O)C(CC3CCCCC3)NC(=O)N3CCOCC3)C2)CC1. The van der Waals surface area contributed by atoms with E-state index in [1.54, 1.807) is 4.90 Å². The number of hydrogen-bond donors (Lipinski definition) is 2. The Hall–Kier alpha value is -1.89. The highest BCUT2D eigenvalue weighted by Crippen LogP contribution is 2.29. The summed E-state index contributed by atoms with van der Waals surface area (Å²) in [5.74, 6) is 0.228. The van der Waals surface area contributed by atoms with E-state index in [2.05, 4.69) is 33.6 Å². The Bertz CT molecular complexity index is 737. The van der Waals surface area contributed by atoms with E-state index in [0.29, 0.717) is 57.6 Å². The molecular weight excluding hydrogens is 432 g/mol. The van der Waals surface area contributed by atoms with Crippen molar-refractivity contribution in [2.75, 3.05) is 59.5 Å². The molecule has 3 saturated heterocycles. The molecule has 3 amide bonds. The number of likely N-dealkylation sites (tertiary alicyclic amines) is 2. The van der Waals surface area contributed by atoms with Gasteiger partial charge >= 0.3 is 6.03 Å². The van der Waals surface area contributed by atoms with Crippen molar-refractivity contribution >= 4 is 11.9 Å². The number of rotatable bonds is 6. The minimum atomic E-state index is -0.880. The smallest absolute Gasteiger partial charge is 0.318 e. The largest absolute Gasteiger partial charge is 0.378 e. The van der Waals surface area contributed by atoms with Crippen molar-refractivity contribution in [1.82, 2.24) is 25.3 Å². The van der Waals surface area contributed by atoms with Crippen LogP contribution in [0.3, 0.4) is 0 Å². The standard InChI is InChI=1S/C25H42N6O3/c1-29-10-7-21(8-11-29)31-12-9-25(18-26,19-31)28-23(32)22(17-20-5-3-2-4-6-20)27-24(33)30-13-15-34-16-14-30/h20-22H,2-17,19H2,1H3,(H,27,33)(H,28,32). The van der Waals surface area contributed by atoms with Gasteiger partial charge in [0.15, 0.2) is 0 Å². The Morgan fingerprint density at radius 2 is 1.76 bits per heavy atom. The van der Waals surface area contributed by atoms with Gasteiger partial charge in [-0.2, -0.15) is 5.26 Å². The lowest BCUT2D eigenvalue weighted by Crippen LogP contribution is -2.59. The van der Waals surface area contributed by atoms with Gasteiger partial charge in [0.2, 0.25) is 5.91 Å². The summed E-state index contributed by atoms with van der Waals surface area (Å²) in [7, 11) is 2.15. The third kappa shape index (κ3) is 6.41. The van der Waals surface area contributed by atoms with Gasteiger partial charge in [-0.1, -0.05) is 32.1 Å². The molecule has 34 heavy (non-hydrogen) atoms. The summed E-state index contributed by atoms with van der Waals surface area (Å²) in [4.78, 5) is 32.9. The first kappa shape index (κ1) is 25.2. The molecule has 4 rings (SSSR count). The van der Waals surface area contributed by atoms with Crippen molar-refractivity contribution in [2.45, 2.75) is 75.4 Å². The highest BCUT2D eigenvalue weighted by atomic mass is 16.5. The number of amides is 3. The average Bonchev–Trinajstić information content (AvgIpc) is 3.29. The summed E-state index contributed by atoms with van der Waals surface area (Å²) in [6.45, 7) is 5.67. The summed E-state index contributed by atoms with van der Waals surface area (Å²) in [5, 5.41) is 16.2. The highest BCUT2D eigenvalue weighted by molar-refractivity contribution is 5.88. The summed E-state index contributed by atoms with van der Waals surface area (Å²) < 4.78 is 5.36. The van der Waals surface area contributed by atoms with E-state index < -0.39 is 11.6 Å². The number of nitrogens with zero attached hydrogens (tertiary/aromatic N) is 4. The maximum absolute atomic E-state index is 13.5. The molecule has 9 heteroatoms. The Kier molecular flexibility index (Phi) is 8.67. The number of nitriles is 1. The molecular formula is C25H42N6O3. The molecule has 3 aliphatic heterocycles. The molecule has 0 aromatic heterocycles. The Balaban J connectivity index is 1.39. The van der Waals surface area contributed by atoms with Crippen molar-refractivity contribution in [3.63, 3.8) is 0 Å². The fourth-order valence-electron chi connectivity index (χ4n) is 6.05. The molecule has 9 nitrogen and oxygen atoms in total. The first-order valence-corrected chi connectivity index (χ1v) is 13.3. The monoisotopic (exact) mass is 474 g/mol. The summed E-state index contributed by atoms with van der Waals surface area (Å²) >= 11 is 0.